The number of rotatable bonds is 10. The van der Waals surface area contributed by atoms with Crippen LogP contribution in [-0.2, 0) is 16.6 Å². The quantitative estimate of drug-likeness (QED) is 0.574. The number of carbonyl (C=O) groups excluding carboxylic acids is 1. The summed E-state index contributed by atoms with van der Waals surface area (Å²) >= 11 is 5.85. The number of amides is 1. The normalized spacial score (nSPS) is 11.6. The third-order valence-corrected chi connectivity index (χ3v) is 6.63. The maximum Gasteiger partial charge on any atom is 0.251 e. The molecule has 0 aromatic heterocycles. The Labute approximate surface area is 172 Å². The first-order valence-electron chi connectivity index (χ1n) is 9.51. The van der Waals surface area contributed by atoms with Gasteiger partial charge in [-0.05, 0) is 48.4 Å². The number of nitrogens with zero attached hydrogens (tertiary/aromatic N) is 1. The average Bonchev–Trinajstić information content (AvgIpc) is 2.70. The smallest absolute Gasteiger partial charge is 0.251 e. The number of halogens is 1. The lowest BCUT2D eigenvalue weighted by Gasteiger charge is -2.21. The highest BCUT2D eigenvalue weighted by Gasteiger charge is 2.23. The summed E-state index contributed by atoms with van der Waals surface area (Å²) in [6.07, 6.45) is 3.17. The van der Waals surface area contributed by atoms with Crippen LogP contribution in [0.3, 0.4) is 0 Å². The molecular formula is C21H27ClN2O3S. The highest BCUT2D eigenvalue weighted by atomic mass is 35.5. The molecule has 0 aliphatic heterocycles. The molecule has 0 aliphatic carbocycles. The lowest BCUT2D eigenvalue weighted by atomic mass is 10.1. The van der Waals surface area contributed by atoms with Crippen LogP contribution in [0.15, 0.2) is 53.4 Å². The lowest BCUT2D eigenvalue weighted by Crippen LogP contribution is -2.30. The van der Waals surface area contributed by atoms with Crippen LogP contribution in [0.1, 0.15) is 49.0 Å². The largest absolute Gasteiger partial charge is 0.352 e. The van der Waals surface area contributed by atoms with E-state index in [-0.39, 0.29) is 17.3 Å². The molecule has 1 N–H and O–H groups in total. The average molecular weight is 423 g/mol. The first-order chi connectivity index (χ1) is 13.4. The molecule has 0 spiro atoms. The van der Waals surface area contributed by atoms with E-state index < -0.39 is 10.0 Å². The summed E-state index contributed by atoms with van der Waals surface area (Å²) in [6, 6.07) is 13.2. The van der Waals surface area contributed by atoms with E-state index in [0.29, 0.717) is 23.7 Å². The number of hydrogen-bond donors (Lipinski definition) is 1. The Kier molecular flexibility index (Phi) is 8.48. The SMILES string of the molecule is CCCCCNC(=O)c1ccc(CN(CC)S(=O)(=O)c2ccc(Cl)cc2)cc1. The second-order valence-electron chi connectivity index (χ2n) is 6.55. The Morgan fingerprint density at radius 2 is 1.64 bits per heavy atom. The Morgan fingerprint density at radius 1 is 1.00 bits per heavy atom. The molecular weight excluding hydrogens is 396 g/mol. The number of carbonyl (C=O) groups is 1. The molecule has 5 nitrogen and oxygen atoms in total. The monoisotopic (exact) mass is 422 g/mol. The molecule has 2 rings (SSSR count). The molecule has 0 unspecified atom stereocenters. The maximum atomic E-state index is 12.8. The molecule has 0 heterocycles. The zero-order valence-corrected chi connectivity index (χ0v) is 17.9. The van der Waals surface area contributed by atoms with E-state index in [2.05, 4.69) is 12.2 Å². The van der Waals surface area contributed by atoms with Crippen molar-refractivity contribution >= 4 is 27.5 Å². The van der Waals surface area contributed by atoms with Gasteiger partial charge >= 0.3 is 0 Å². The first kappa shape index (κ1) is 22.4. The van der Waals surface area contributed by atoms with Crippen LogP contribution < -0.4 is 5.32 Å². The number of sulfonamides is 1. The van der Waals surface area contributed by atoms with Gasteiger partial charge in [0.25, 0.3) is 5.91 Å². The third-order valence-electron chi connectivity index (χ3n) is 4.45. The lowest BCUT2D eigenvalue weighted by molar-refractivity contribution is 0.0953. The summed E-state index contributed by atoms with van der Waals surface area (Å²) in [7, 11) is -3.61. The van der Waals surface area contributed by atoms with Crippen LogP contribution in [-0.4, -0.2) is 31.7 Å². The molecule has 0 radical (unpaired) electrons. The fourth-order valence-electron chi connectivity index (χ4n) is 2.77. The summed E-state index contributed by atoms with van der Waals surface area (Å²) < 4.78 is 27.1. The highest BCUT2D eigenvalue weighted by Crippen LogP contribution is 2.20. The highest BCUT2D eigenvalue weighted by molar-refractivity contribution is 7.89. The van der Waals surface area contributed by atoms with Crippen molar-refractivity contribution in [3.63, 3.8) is 0 Å². The van der Waals surface area contributed by atoms with E-state index in [1.807, 2.05) is 0 Å². The van der Waals surface area contributed by atoms with Gasteiger partial charge in [0, 0.05) is 30.2 Å². The van der Waals surface area contributed by atoms with Crippen LogP contribution in [0.5, 0.6) is 0 Å². The van der Waals surface area contributed by atoms with E-state index in [0.717, 1.165) is 24.8 Å². The summed E-state index contributed by atoms with van der Waals surface area (Å²) in [5.41, 5.74) is 1.39. The van der Waals surface area contributed by atoms with Crippen molar-refractivity contribution < 1.29 is 13.2 Å². The Balaban J connectivity index is 2.04. The Morgan fingerprint density at radius 3 is 2.21 bits per heavy atom. The minimum atomic E-state index is -3.61. The van der Waals surface area contributed by atoms with Crippen molar-refractivity contribution in [3.05, 3.63) is 64.7 Å². The molecule has 2 aromatic rings. The van der Waals surface area contributed by atoms with E-state index in [9.17, 15) is 13.2 Å². The van der Waals surface area contributed by atoms with Gasteiger partial charge in [-0.15, -0.1) is 0 Å². The van der Waals surface area contributed by atoms with Gasteiger partial charge in [-0.2, -0.15) is 4.31 Å². The number of hydrogen-bond acceptors (Lipinski definition) is 3. The maximum absolute atomic E-state index is 12.8. The van der Waals surface area contributed by atoms with Crippen molar-refractivity contribution in [3.8, 4) is 0 Å². The zero-order valence-electron chi connectivity index (χ0n) is 16.3. The zero-order chi connectivity index (χ0) is 20.6. The third kappa shape index (κ3) is 6.06. The molecule has 152 valence electrons. The molecule has 1 amide bonds. The molecule has 0 bridgehead atoms. The number of benzene rings is 2. The van der Waals surface area contributed by atoms with Gasteiger partial charge < -0.3 is 5.32 Å². The standard InChI is InChI=1S/C21H27ClN2O3S/c1-3-5-6-15-23-21(25)18-9-7-17(8-10-18)16-24(4-2)28(26,27)20-13-11-19(22)12-14-20/h7-14H,3-6,15-16H2,1-2H3,(H,23,25). The Bertz CT molecular complexity index is 866. The summed E-state index contributed by atoms with van der Waals surface area (Å²) in [6.45, 7) is 5.15. The van der Waals surface area contributed by atoms with Crippen LogP contribution >= 0.6 is 11.6 Å². The van der Waals surface area contributed by atoms with Crippen LogP contribution in [0, 0.1) is 0 Å². The van der Waals surface area contributed by atoms with E-state index in [1.54, 1.807) is 43.3 Å². The van der Waals surface area contributed by atoms with Crippen LogP contribution in [0.2, 0.25) is 5.02 Å². The molecule has 0 atom stereocenters. The molecule has 28 heavy (non-hydrogen) atoms. The van der Waals surface area contributed by atoms with Gasteiger partial charge in [0.1, 0.15) is 0 Å². The van der Waals surface area contributed by atoms with E-state index in [1.165, 1.54) is 16.4 Å². The fraction of sp³-hybridized carbons (Fsp3) is 0.381. The molecule has 7 heteroatoms. The topological polar surface area (TPSA) is 66.5 Å². The van der Waals surface area contributed by atoms with Gasteiger partial charge in [0.05, 0.1) is 4.90 Å². The summed E-state index contributed by atoms with van der Waals surface area (Å²) in [5, 5.41) is 3.39. The fourth-order valence-corrected chi connectivity index (χ4v) is 4.33. The minimum absolute atomic E-state index is 0.108. The predicted molar refractivity (Wildman–Crippen MR) is 113 cm³/mol. The molecule has 0 fully saturated rings. The van der Waals surface area contributed by atoms with Crippen LogP contribution in [0.4, 0.5) is 0 Å². The van der Waals surface area contributed by atoms with Crippen LogP contribution in [0.25, 0.3) is 0 Å². The van der Waals surface area contributed by atoms with Crippen molar-refractivity contribution in [2.24, 2.45) is 0 Å². The van der Waals surface area contributed by atoms with Gasteiger partial charge in [-0.25, -0.2) is 8.42 Å². The number of nitrogens with one attached hydrogen (secondary N) is 1. The summed E-state index contributed by atoms with van der Waals surface area (Å²) in [5.74, 6) is -0.108. The predicted octanol–water partition coefficient (Wildman–Crippen LogP) is 4.47. The van der Waals surface area contributed by atoms with E-state index >= 15 is 0 Å². The van der Waals surface area contributed by atoms with Gasteiger partial charge in [0.15, 0.2) is 0 Å². The molecule has 2 aromatic carbocycles. The molecule has 0 aliphatic rings. The van der Waals surface area contributed by atoms with Crippen molar-refractivity contribution in [1.29, 1.82) is 0 Å². The first-order valence-corrected chi connectivity index (χ1v) is 11.3. The van der Waals surface area contributed by atoms with Gasteiger partial charge in [-0.3, -0.25) is 4.79 Å². The Hall–Kier alpha value is -1.89. The second kappa shape index (κ2) is 10.6. The van der Waals surface area contributed by atoms with Crippen molar-refractivity contribution in [2.45, 2.75) is 44.6 Å². The molecule has 0 saturated carbocycles. The summed E-state index contributed by atoms with van der Waals surface area (Å²) in [4.78, 5) is 12.4. The minimum Gasteiger partial charge on any atom is -0.352 e. The van der Waals surface area contributed by atoms with Gasteiger partial charge in [-0.1, -0.05) is 50.4 Å². The molecule has 0 saturated heterocycles. The second-order valence-corrected chi connectivity index (χ2v) is 8.92. The van der Waals surface area contributed by atoms with E-state index in [4.69, 9.17) is 11.6 Å². The number of unbranched alkanes of at least 4 members (excludes halogenated alkanes) is 2. The van der Waals surface area contributed by atoms with Gasteiger partial charge in [0.2, 0.25) is 10.0 Å². The van der Waals surface area contributed by atoms with Crippen molar-refractivity contribution in [2.75, 3.05) is 13.1 Å². The van der Waals surface area contributed by atoms with Crippen molar-refractivity contribution in [1.82, 2.24) is 9.62 Å².